The molecule has 4 N–H and O–H groups in total. The normalized spacial score (nSPS) is 10.4. The van der Waals surface area contributed by atoms with E-state index >= 15 is 0 Å². The van der Waals surface area contributed by atoms with Crippen LogP contribution in [0.15, 0.2) is 0 Å². The molecule has 0 aliphatic carbocycles. The summed E-state index contributed by atoms with van der Waals surface area (Å²) in [6, 6.07) is 0. The minimum Gasteiger partial charge on any atom is -0.394 e. The Balaban J connectivity index is 2.31. The molecular weight excluding hydrogens is 234 g/mol. The third kappa shape index (κ3) is 3.92. The van der Waals surface area contributed by atoms with E-state index in [9.17, 15) is 4.79 Å². The van der Waals surface area contributed by atoms with Crippen LogP contribution in [-0.4, -0.2) is 42.5 Å². The van der Waals surface area contributed by atoms with Crippen molar-refractivity contribution in [2.75, 3.05) is 37.9 Å². The van der Waals surface area contributed by atoms with E-state index in [2.05, 4.69) is 15.7 Å². The van der Waals surface area contributed by atoms with Gasteiger partial charge in [0.15, 0.2) is 0 Å². The molecule has 0 unspecified atom stereocenters. The first-order valence-corrected chi connectivity index (χ1v) is 5.84. The van der Waals surface area contributed by atoms with Crippen molar-refractivity contribution in [3.63, 3.8) is 0 Å². The first-order valence-electron chi connectivity index (χ1n) is 5.84. The molecule has 102 valence electrons. The molecule has 0 spiro atoms. The second-order valence-corrected chi connectivity index (χ2v) is 3.99. The zero-order valence-electron chi connectivity index (χ0n) is 11.1. The van der Waals surface area contributed by atoms with Gasteiger partial charge in [-0.2, -0.15) is 5.10 Å². The molecule has 7 nitrogen and oxygen atoms in total. The molecule has 1 rings (SSSR count). The summed E-state index contributed by atoms with van der Waals surface area (Å²) >= 11 is 0. The Kier molecular flexibility index (Phi) is 5.44. The van der Waals surface area contributed by atoms with Gasteiger partial charge in [-0.05, 0) is 6.92 Å². The predicted octanol–water partition coefficient (Wildman–Crippen LogP) is -0.125. The van der Waals surface area contributed by atoms with Crippen molar-refractivity contribution < 1.29 is 9.53 Å². The van der Waals surface area contributed by atoms with Gasteiger partial charge in [-0.3, -0.25) is 9.48 Å². The van der Waals surface area contributed by atoms with Crippen molar-refractivity contribution in [3.05, 3.63) is 5.69 Å². The number of aryl methyl sites for hydroxylation is 2. The van der Waals surface area contributed by atoms with Gasteiger partial charge in [0.2, 0.25) is 5.91 Å². The molecule has 0 radical (unpaired) electrons. The third-order valence-electron chi connectivity index (χ3n) is 2.54. The molecular formula is C11H21N5O2. The Bertz CT molecular complexity index is 402. The Morgan fingerprint density at radius 3 is 2.78 bits per heavy atom. The summed E-state index contributed by atoms with van der Waals surface area (Å²) in [6.07, 6.45) is 0.382. The minimum atomic E-state index is -0.0167. The average molecular weight is 255 g/mol. The number of nitrogens with one attached hydrogen (secondary N) is 2. The first kappa shape index (κ1) is 14.3. The van der Waals surface area contributed by atoms with Crippen LogP contribution in [-0.2, 0) is 16.6 Å². The Hall–Kier alpha value is -1.76. The zero-order valence-corrected chi connectivity index (χ0v) is 11.1. The van der Waals surface area contributed by atoms with E-state index in [0.29, 0.717) is 31.8 Å². The highest BCUT2D eigenvalue weighted by atomic mass is 16.5. The van der Waals surface area contributed by atoms with Gasteiger partial charge in [-0.1, -0.05) is 0 Å². The molecule has 0 saturated carbocycles. The van der Waals surface area contributed by atoms with Crippen molar-refractivity contribution >= 4 is 17.4 Å². The summed E-state index contributed by atoms with van der Waals surface area (Å²) in [4.78, 5) is 11.4. The summed E-state index contributed by atoms with van der Waals surface area (Å²) in [5.41, 5.74) is 7.26. The van der Waals surface area contributed by atoms with Gasteiger partial charge in [0, 0.05) is 33.7 Å². The highest BCUT2D eigenvalue weighted by molar-refractivity contribution is 5.76. The van der Waals surface area contributed by atoms with Crippen LogP contribution in [0.2, 0.25) is 0 Å². The number of hydrogen-bond acceptors (Lipinski definition) is 5. The standard InChI is InChI=1S/C11H21N5O2/c1-8-10(12)11(16(2)15-8)14-5-4-9(17)13-6-7-18-3/h14H,4-7,12H2,1-3H3,(H,13,17). The second kappa shape index (κ2) is 6.85. The van der Waals surface area contributed by atoms with Crippen LogP contribution in [0.25, 0.3) is 0 Å². The van der Waals surface area contributed by atoms with Gasteiger partial charge in [0.25, 0.3) is 0 Å². The highest BCUT2D eigenvalue weighted by Gasteiger charge is 2.09. The predicted molar refractivity (Wildman–Crippen MR) is 70.3 cm³/mol. The molecule has 1 aromatic rings. The maximum atomic E-state index is 11.4. The fourth-order valence-electron chi connectivity index (χ4n) is 1.56. The summed E-state index contributed by atoms with van der Waals surface area (Å²) in [5.74, 6) is 0.731. The fourth-order valence-corrected chi connectivity index (χ4v) is 1.56. The second-order valence-electron chi connectivity index (χ2n) is 3.99. The maximum Gasteiger partial charge on any atom is 0.221 e. The molecule has 0 saturated heterocycles. The number of methoxy groups -OCH3 is 1. The number of carbonyl (C=O) groups is 1. The van der Waals surface area contributed by atoms with E-state index in [1.165, 1.54) is 0 Å². The van der Waals surface area contributed by atoms with Gasteiger partial charge >= 0.3 is 0 Å². The summed E-state index contributed by atoms with van der Waals surface area (Å²) in [6.45, 7) is 3.41. The number of amides is 1. The molecule has 1 amide bonds. The first-order chi connectivity index (χ1) is 8.56. The quantitative estimate of drug-likeness (QED) is 0.590. The lowest BCUT2D eigenvalue weighted by Gasteiger charge is -2.08. The SMILES string of the molecule is COCCNC(=O)CCNc1c(N)c(C)nn1C. The van der Waals surface area contributed by atoms with Crippen molar-refractivity contribution in [2.24, 2.45) is 7.05 Å². The molecule has 0 aliphatic heterocycles. The number of aromatic nitrogens is 2. The summed E-state index contributed by atoms with van der Waals surface area (Å²) < 4.78 is 6.52. The smallest absolute Gasteiger partial charge is 0.221 e. The van der Waals surface area contributed by atoms with Crippen molar-refractivity contribution in [2.45, 2.75) is 13.3 Å². The molecule has 0 fully saturated rings. The van der Waals surface area contributed by atoms with Crippen LogP contribution in [0, 0.1) is 6.92 Å². The van der Waals surface area contributed by atoms with Gasteiger partial charge in [0.05, 0.1) is 18.0 Å². The van der Waals surface area contributed by atoms with Crippen molar-refractivity contribution in [1.82, 2.24) is 15.1 Å². The van der Waals surface area contributed by atoms with Crippen LogP contribution in [0.5, 0.6) is 0 Å². The topological polar surface area (TPSA) is 94.2 Å². The lowest BCUT2D eigenvalue weighted by molar-refractivity contribution is -0.121. The molecule has 0 aliphatic rings. The van der Waals surface area contributed by atoms with E-state index in [1.807, 2.05) is 14.0 Å². The number of nitrogen functional groups attached to an aromatic ring is 1. The number of nitrogens with zero attached hydrogens (tertiary/aromatic N) is 2. The van der Waals surface area contributed by atoms with Gasteiger partial charge in [-0.25, -0.2) is 0 Å². The number of nitrogens with two attached hydrogens (primary N) is 1. The van der Waals surface area contributed by atoms with Crippen LogP contribution in [0.3, 0.4) is 0 Å². The van der Waals surface area contributed by atoms with Crippen LogP contribution in [0.4, 0.5) is 11.5 Å². The molecule has 0 bridgehead atoms. The molecule has 0 aromatic carbocycles. The number of carbonyl (C=O) groups excluding carboxylic acids is 1. The molecule has 1 aromatic heterocycles. The van der Waals surface area contributed by atoms with E-state index < -0.39 is 0 Å². The molecule has 18 heavy (non-hydrogen) atoms. The minimum absolute atomic E-state index is 0.0167. The van der Waals surface area contributed by atoms with E-state index in [1.54, 1.807) is 11.8 Å². The van der Waals surface area contributed by atoms with Crippen LogP contribution < -0.4 is 16.4 Å². The monoisotopic (exact) mass is 255 g/mol. The van der Waals surface area contributed by atoms with E-state index in [0.717, 1.165) is 11.5 Å². The van der Waals surface area contributed by atoms with Crippen molar-refractivity contribution in [3.8, 4) is 0 Å². The highest BCUT2D eigenvalue weighted by Crippen LogP contribution is 2.20. The van der Waals surface area contributed by atoms with Crippen LogP contribution >= 0.6 is 0 Å². The van der Waals surface area contributed by atoms with E-state index in [4.69, 9.17) is 10.5 Å². The number of anilines is 2. The Morgan fingerprint density at radius 1 is 1.50 bits per heavy atom. The van der Waals surface area contributed by atoms with E-state index in [-0.39, 0.29) is 5.91 Å². The number of rotatable bonds is 7. The largest absolute Gasteiger partial charge is 0.394 e. The number of ether oxygens (including phenoxy) is 1. The van der Waals surface area contributed by atoms with Gasteiger partial charge < -0.3 is 21.1 Å². The Labute approximate surface area is 107 Å². The third-order valence-corrected chi connectivity index (χ3v) is 2.54. The average Bonchev–Trinajstić information content (AvgIpc) is 2.56. The Morgan fingerprint density at radius 2 is 2.22 bits per heavy atom. The van der Waals surface area contributed by atoms with Crippen LogP contribution in [0.1, 0.15) is 12.1 Å². The summed E-state index contributed by atoms with van der Waals surface area (Å²) in [5, 5.41) is 10.0. The number of hydrogen-bond donors (Lipinski definition) is 3. The van der Waals surface area contributed by atoms with Gasteiger partial charge in [-0.15, -0.1) is 0 Å². The van der Waals surface area contributed by atoms with Gasteiger partial charge in [0.1, 0.15) is 5.82 Å². The molecule has 1 heterocycles. The molecule has 0 atom stereocenters. The fraction of sp³-hybridized carbons (Fsp3) is 0.636. The van der Waals surface area contributed by atoms with Crippen molar-refractivity contribution in [1.29, 1.82) is 0 Å². The maximum absolute atomic E-state index is 11.4. The lowest BCUT2D eigenvalue weighted by atomic mass is 10.3. The summed E-state index contributed by atoms with van der Waals surface area (Å²) in [7, 11) is 3.41. The zero-order chi connectivity index (χ0) is 13.5. The lowest BCUT2D eigenvalue weighted by Crippen LogP contribution is -2.28. The molecule has 7 heteroatoms.